The van der Waals surface area contributed by atoms with Crippen molar-refractivity contribution in [3.8, 4) is 11.5 Å². The number of rotatable bonds is 4. The molecular weight excluding hydrogens is 412 g/mol. The number of piperidine rings is 1. The van der Waals surface area contributed by atoms with Crippen LogP contribution in [0.25, 0.3) is 0 Å². The van der Waals surface area contributed by atoms with Gasteiger partial charge in [0.2, 0.25) is 5.91 Å². The van der Waals surface area contributed by atoms with Crippen molar-refractivity contribution in [2.75, 3.05) is 26.3 Å². The highest BCUT2D eigenvalue weighted by Gasteiger charge is 2.41. The number of benzene rings is 2. The number of para-hydroxylation sites is 1. The smallest absolute Gasteiger partial charge is 0.226 e. The van der Waals surface area contributed by atoms with Crippen molar-refractivity contribution in [2.24, 2.45) is 5.41 Å². The number of ether oxygens (including phenoxy) is 2. The third-order valence-corrected chi connectivity index (χ3v) is 7.13. The molecule has 0 radical (unpaired) electrons. The van der Waals surface area contributed by atoms with Gasteiger partial charge in [0.05, 0.1) is 18.1 Å². The van der Waals surface area contributed by atoms with Crippen LogP contribution in [-0.4, -0.2) is 43.2 Å². The molecule has 5 heteroatoms. The van der Waals surface area contributed by atoms with E-state index in [9.17, 15) is 4.79 Å². The maximum Gasteiger partial charge on any atom is 0.226 e. The minimum Gasteiger partial charge on any atom is -0.494 e. The Hall–Kier alpha value is -2.53. The summed E-state index contributed by atoms with van der Waals surface area (Å²) in [7, 11) is 0. The number of nitrogens with zero attached hydrogens (tertiary/aromatic N) is 1. The van der Waals surface area contributed by atoms with Gasteiger partial charge in [0.15, 0.2) is 0 Å². The van der Waals surface area contributed by atoms with Crippen molar-refractivity contribution in [1.29, 1.82) is 0 Å². The van der Waals surface area contributed by atoms with E-state index in [0.717, 1.165) is 69.7 Å². The first-order valence-electron chi connectivity index (χ1n) is 12.5. The summed E-state index contributed by atoms with van der Waals surface area (Å²) in [6.07, 6.45) is 5.95. The van der Waals surface area contributed by atoms with Crippen LogP contribution in [0, 0.1) is 5.41 Å². The Morgan fingerprint density at radius 1 is 1.06 bits per heavy atom. The van der Waals surface area contributed by atoms with Gasteiger partial charge >= 0.3 is 0 Å². The normalized spacial score (nSPS) is 21.8. The predicted molar refractivity (Wildman–Crippen MR) is 132 cm³/mol. The Morgan fingerprint density at radius 3 is 2.58 bits per heavy atom. The van der Waals surface area contributed by atoms with Crippen LogP contribution in [0.1, 0.15) is 57.1 Å². The summed E-state index contributed by atoms with van der Waals surface area (Å²) < 4.78 is 11.6. The summed E-state index contributed by atoms with van der Waals surface area (Å²) in [4.78, 5) is 15.9. The standard InChI is InChI=1S/C28H38N2O3/c1-3-32-25-13-11-23(12-14-25)20-30-18-16-28(17-19-30)15-7-6-9-24-8-4-5-10-26(24)33-21-22(2)29-27(28)31/h4-5,8,10-14,22H,3,6-7,9,15-21H2,1-2H3,(H,29,31)/t22-/m0/s1. The Balaban J connectivity index is 1.38. The number of hydrogen-bond donors (Lipinski definition) is 1. The zero-order chi connectivity index (χ0) is 23.1. The minimum atomic E-state index is -0.262. The molecule has 0 aromatic heterocycles. The van der Waals surface area contributed by atoms with Crippen LogP contribution in [-0.2, 0) is 17.8 Å². The van der Waals surface area contributed by atoms with Gasteiger partial charge in [-0.1, -0.05) is 36.8 Å². The predicted octanol–water partition coefficient (Wildman–Crippen LogP) is 4.98. The zero-order valence-electron chi connectivity index (χ0n) is 20.1. The van der Waals surface area contributed by atoms with Crippen molar-refractivity contribution in [3.63, 3.8) is 0 Å². The first-order chi connectivity index (χ1) is 16.1. The second kappa shape index (κ2) is 11.1. The van der Waals surface area contributed by atoms with Crippen LogP contribution in [0.5, 0.6) is 11.5 Å². The molecule has 0 aliphatic carbocycles. The SMILES string of the molecule is CCOc1ccc(CN2CCC3(CCCCc4ccccc4OC[C@H](C)NC3=O)CC2)cc1. The van der Waals surface area contributed by atoms with Crippen molar-refractivity contribution in [2.45, 2.75) is 65.0 Å². The molecule has 0 bridgehead atoms. The van der Waals surface area contributed by atoms with E-state index in [1.54, 1.807) is 0 Å². The maximum atomic E-state index is 13.4. The number of hydrogen-bond acceptors (Lipinski definition) is 4. The molecule has 2 aromatic carbocycles. The number of likely N-dealkylation sites (tertiary alicyclic amines) is 1. The van der Waals surface area contributed by atoms with Crippen LogP contribution in [0.3, 0.4) is 0 Å². The monoisotopic (exact) mass is 450 g/mol. The highest BCUT2D eigenvalue weighted by molar-refractivity contribution is 5.83. The average Bonchev–Trinajstić information content (AvgIpc) is 2.83. The molecule has 33 heavy (non-hydrogen) atoms. The summed E-state index contributed by atoms with van der Waals surface area (Å²) >= 11 is 0. The van der Waals surface area contributed by atoms with E-state index in [-0.39, 0.29) is 17.4 Å². The van der Waals surface area contributed by atoms with Crippen molar-refractivity contribution < 1.29 is 14.3 Å². The molecule has 0 saturated carbocycles. The summed E-state index contributed by atoms with van der Waals surface area (Å²) in [5.74, 6) is 2.09. The lowest BCUT2D eigenvalue weighted by atomic mass is 9.73. The van der Waals surface area contributed by atoms with E-state index in [1.165, 1.54) is 11.1 Å². The Kier molecular flexibility index (Phi) is 7.92. The molecule has 2 aliphatic rings. The topological polar surface area (TPSA) is 50.8 Å². The van der Waals surface area contributed by atoms with Crippen molar-refractivity contribution in [1.82, 2.24) is 10.2 Å². The quantitative estimate of drug-likeness (QED) is 0.714. The summed E-state index contributed by atoms with van der Waals surface area (Å²) in [5, 5.41) is 3.28. The third kappa shape index (κ3) is 6.08. The molecule has 1 fully saturated rings. The van der Waals surface area contributed by atoms with Gasteiger partial charge in [-0.15, -0.1) is 0 Å². The summed E-state index contributed by atoms with van der Waals surface area (Å²) in [5.41, 5.74) is 2.31. The molecule has 2 aromatic rings. The number of fused-ring (bicyclic) bond motifs is 1. The highest BCUT2D eigenvalue weighted by atomic mass is 16.5. The average molecular weight is 451 g/mol. The number of aryl methyl sites for hydroxylation is 1. The molecule has 1 spiro atoms. The Bertz CT molecular complexity index is 904. The molecule has 0 unspecified atom stereocenters. The first-order valence-corrected chi connectivity index (χ1v) is 12.5. The van der Waals surface area contributed by atoms with Gasteiger partial charge in [-0.2, -0.15) is 0 Å². The molecule has 178 valence electrons. The lowest BCUT2D eigenvalue weighted by Gasteiger charge is -2.41. The fourth-order valence-corrected chi connectivity index (χ4v) is 5.11. The van der Waals surface area contributed by atoms with Crippen LogP contribution in [0.2, 0.25) is 0 Å². The van der Waals surface area contributed by atoms with E-state index in [4.69, 9.17) is 9.47 Å². The third-order valence-electron chi connectivity index (χ3n) is 7.13. The zero-order valence-corrected chi connectivity index (χ0v) is 20.1. The maximum absolute atomic E-state index is 13.4. The van der Waals surface area contributed by atoms with Crippen LogP contribution < -0.4 is 14.8 Å². The molecule has 1 atom stereocenters. The fraction of sp³-hybridized carbons (Fsp3) is 0.536. The molecule has 5 nitrogen and oxygen atoms in total. The summed E-state index contributed by atoms with van der Waals surface area (Å²) in [6.45, 7) is 8.06. The Labute approximate surface area is 198 Å². The lowest BCUT2D eigenvalue weighted by Crippen LogP contribution is -2.51. The van der Waals surface area contributed by atoms with Gasteiger partial charge in [0.25, 0.3) is 0 Å². The molecule has 4 rings (SSSR count). The molecule has 2 aliphatic heterocycles. The lowest BCUT2D eigenvalue weighted by molar-refractivity contribution is -0.135. The largest absolute Gasteiger partial charge is 0.494 e. The Morgan fingerprint density at radius 2 is 1.82 bits per heavy atom. The van der Waals surface area contributed by atoms with Crippen LogP contribution in [0.4, 0.5) is 0 Å². The van der Waals surface area contributed by atoms with Crippen LogP contribution in [0.15, 0.2) is 48.5 Å². The second-order valence-electron chi connectivity index (χ2n) is 9.63. The highest BCUT2D eigenvalue weighted by Crippen LogP contribution is 2.38. The fourth-order valence-electron chi connectivity index (χ4n) is 5.11. The van der Waals surface area contributed by atoms with E-state index in [2.05, 4.69) is 34.5 Å². The van der Waals surface area contributed by atoms with Gasteiger partial charge in [-0.05, 0) is 88.4 Å². The van der Waals surface area contributed by atoms with Gasteiger partial charge in [0.1, 0.15) is 18.1 Å². The molecular formula is C28H38N2O3. The van der Waals surface area contributed by atoms with E-state index >= 15 is 0 Å². The second-order valence-corrected chi connectivity index (χ2v) is 9.63. The number of carbonyl (C=O) groups excluding carboxylic acids is 1. The molecule has 1 N–H and O–H groups in total. The minimum absolute atomic E-state index is 0.0104. The van der Waals surface area contributed by atoms with Crippen LogP contribution >= 0.6 is 0 Å². The van der Waals surface area contributed by atoms with Gasteiger partial charge in [-0.3, -0.25) is 9.69 Å². The molecule has 2 heterocycles. The number of carbonyl (C=O) groups is 1. The molecule has 1 amide bonds. The van der Waals surface area contributed by atoms with E-state index in [0.29, 0.717) is 13.2 Å². The van der Waals surface area contributed by atoms with Gasteiger partial charge in [0, 0.05) is 6.54 Å². The number of nitrogens with one attached hydrogen (secondary N) is 1. The van der Waals surface area contributed by atoms with E-state index < -0.39 is 0 Å². The number of amides is 1. The molecule has 1 saturated heterocycles. The first kappa shape index (κ1) is 23.6. The van der Waals surface area contributed by atoms with Crippen molar-refractivity contribution in [3.05, 3.63) is 59.7 Å². The van der Waals surface area contributed by atoms with Gasteiger partial charge in [-0.25, -0.2) is 0 Å². The van der Waals surface area contributed by atoms with Gasteiger partial charge < -0.3 is 14.8 Å². The van der Waals surface area contributed by atoms with E-state index in [1.807, 2.05) is 38.1 Å². The summed E-state index contributed by atoms with van der Waals surface area (Å²) in [6, 6.07) is 16.7. The van der Waals surface area contributed by atoms with Crippen molar-refractivity contribution >= 4 is 5.91 Å².